The fourth-order valence-electron chi connectivity index (χ4n) is 2.46. The Balaban J connectivity index is 1.91. The van der Waals surface area contributed by atoms with E-state index in [2.05, 4.69) is 5.32 Å². The summed E-state index contributed by atoms with van der Waals surface area (Å²) in [5.74, 6) is -0.562. The highest BCUT2D eigenvalue weighted by Crippen LogP contribution is 2.17. The Kier molecular flexibility index (Phi) is 4.75. The van der Waals surface area contributed by atoms with Gasteiger partial charge in [0.2, 0.25) is 0 Å². The first-order valence-corrected chi connectivity index (χ1v) is 6.54. The summed E-state index contributed by atoms with van der Waals surface area (Å²) in [7, 11) is -1.75. The molecule has 1 aromatic rings. The Bertz CT molecular complexity index is 395. The maximum Gasteiger partial charge on any atom is 0.491 e. The molecular formula is C13H19BFNO2. The van der Waals surface area contributed by atoms with E-state index in [1.807, 2.05) is 0 Å². The monoisotopic (exact) mass is 251 g/mol. The van der Waals surface area contributed by atoms with Crippen LogP contribution in [0.2, 0.25) is 0 Å². The van der Waals surface area contributed by atoms with Crippen LogP contribution in [0.15, 0.2) is 18.2 Å². The molecule has 0 bridgehead atoms. The maximum atomic E-state index is 13.5. The van der Waals surface area contributed by atoms with E-state index in [9.17, 15) is 4.39 Å². The molecule has 1 saturated carbocycles. The number of hydrogen-bond acceptors (Lipinski definition) is 3. The van der Waals surface area contributed by atoms with Gasteiger partial charge in [-0.25, -0.2) is 4.39 Å². The van der Waals surface area contributed by atoms with Crippen LogP contribution >= 0.6 is 0 Å². The number of rotatable bonds is 4. The molecule has 1 fully saturated rings. The van der Waals surface area contributed by atoms with E-state index in [-0.39, 0.29) is 5.46 Å². The van der Waals surface area contributed by atoms with Gasteiger partial charge in [0.1, 0.15) is 5.82 Å². The quantitative estimate of drug-likeness (QED) is 0.698. The zero-order chi connectivity index (χ0) is 13.0. The molecule has 0 saturated heterocycles. The highest BCUT2D eigenvalue weighted by Gasteiger charge is 2.17. The van der Waals surface area contributed by atoms with Crippen LogP contribution in [0.3, 0.4) is 0 Å². The minimum atomic E-state index is -1.75. The molecule has 0 radical (unpaired) electrons. The van der Waals surface area contributed by atoms with E-state index >= 15 is 0 Å². The third-order valence-electron chi connectivity index (χ3n) is 3.54. The summed E-state index contributed by atoms with van der Waals surface area (Å²) in [6, 6.07) is 5.06. The molecule has 0 heterocycles. The molecule has 0 aliphatic heterocycles. The molecule has 3 N–H and O–H groups in total. The number of halogens is 1. The molecule has 98 valence electrons. The minimum Gasteiger partial charge on any atom is -0.423 e. The van der Waals surface area contributed by atoms with Crippen molar-refractivity contribution in [3.05, 3.63) is 29.6 Å². The van der Waals surface area contributed by atoms with Crippen molar-refractivity contribution >= 4 is 12.6 Å². The lowest BCUT2D eigenvalue weighted by atomic mass is 9.79. The lowest BCUT2D eigenvalue weighted by Crippen LogP contribution is -2.33. The van der Waals surface area contributed by atoms with E-state index < -0.39 is 12.9 Å². The largest absolute Gasteiger partial charge is 0.491 e. The standard InChI is InChI=1S/C13H19BFNO2/c15-13-8-10(6-7-12(13)14(17)18)9-16-11-4-2-1-3-5-11/h6-8,11,16-18H,1-5,9H2. The minimum absolute atomic E-state index is 0.0728. The van der Waals surface area contributed by atoms with Crippen LogP contribution < -0.4 is 10.8 Å². The fraction of sp³-hybridized carbons (Fsp3) is 0.538. The van der Waals surface area contributed by atoms with E-state index in [1.165, 1.54) is 44.2 Å². The van der Waals surface area contributed by atoms with Crippen LogP contribution in [0.25, 0.3) is 0 Å². The molecule has 0 amide bonds. The number of nitrogens with one attached hydrogen (secondary N) is 1. The highest BCUT2D eigenvalue weighted by molar-refractivity contribution is 6.58. The predicted molar refractivity (Wildman–Crippen MR) is 69.9 cm³/mol. The molecule has 0 atom stereocenters. The summed E-state index contributed by atoms with van der Waals surface area (Å²) in [5, 5.41) is 21.3. The van der Waals surface area contributed by atoms with E-state index in [0.717, 1.165) is 5.56 Å². The van der Waals surface area contributed by atoms with Gasteiger partial charge >= 0.3 is 7.12 Å². The predicted octanol–water partition coefficient (Wildman–Crippen LogP) is 0.928. The topological polar surface area (TPSA) is 52.5 Å². The second-order valence-corrected chi connectivity index (χ2v) is 4.95. The average Bonchev–Trinajstić information content (AvgIpc) is 2.37. The molecule has 1 aliphatic carbocycles. The molecule has 0 spiro atoms. The van der Waals surface area contributed by atoms with Gasteiger partial charge in [-0.1, -0.05) is 31.4 Å². The van der Waals surface area contributed by atoms with Gasteiger partial charge in [-0.15, -0.1) is 0 Å². The molecule has 1 aromatic carbocycles. The van der Waals surface area contributed by atoms with Crippen molar-refractivity contribution in [2.24, 2.45) is 0 Å². The summed E-state index contributed by atoms with van der Waals surface area (Å²) in [4.78, 5) is 0. The van der Waals surface area contributed by atoms with Crippen LogP contribution in [0.5, 0.6) is 0 Å². The Morgan fingerprint density at radius 2 is 1.94 bits per heavy atom. The van der Waals surface area contributed by atoms with Gasteiger partial charge in [-0.2, -0.15) is 0 Å². The Hall–Kier alpha value is -0.905. The van der Waals surface area contributed by atoms with Crippen molar-refractivity contribution < 1.29 is 14.4 Å². The molecule has 0 unspecified atom stereocenters. The van der Waals surface area contributed by atoms with Crippen molar-refractivity contribution in [2.45, 2.75) is 44.7 Å². The van der Waals surface area contributed by atoms with Gasteiger partial charge in [0.15, 0.2) is 0 Å². The lowest BCUT2D eigenvalue weighted by Gasteiger charge is -2.22. The van der Waals surface area contributed by atoms with Crippen molar-refractivity contribution in [1.82, 2.24) is 5.32 Å². The van der Waals surface area contributed by atoms with Gasteiger partial charge in [0, 0.05) is 18.0 Å². The summed E-state index contributed by atoms with van der Waals surface area (Å²) >= 11 is 0. The maximum absolute atomic E-state index is 13.5. The first kappa shape index (κ1) is 13.5. The van der Waals surface area contributed by atoms with Crippen molar-refractivity contribution in [3.63, 3.8) is 0 Å². The molecule has 5 heteroatoms. The number of hydrogen-bond donors (Lipinski definition) is 3. The van der Waals surface area contributed by atoms with Crippen LogP contribution in [-0.2, 0) is 6.54 Å². The Morgan fingerprint density at radius 3 is 2.56 bits per heavy atom. The third kappa shape index (κ3) is 3.54. The van der Waals surface area contributed by atoms with Crippen molar-refractivity contribution in [1.29, 1.82) is 0 Å². The van der Waals surface area contributed by atoms with Gasteiger partial charge in [-0.3, -0.25) is 0 Å². The normalized spacial score (nSPS) is 16.8. The van der Waals surface area contributed by atoms with Crippen LogP contribution in [0.4, 0.5) is 4.39 Å². The molecule has 0 aromatic heterocycles. The Labute approximate surface area is 107 Å². The van der Waals surface area contributed by atoms with Crippen molar-refractivity contribution in [3.8, 4) is 0 Å². The summed E-state index contributed by atoms with van der Waals surface area (Å²) in [6.07, 6.45) is 6.23. The molecule has 2 rings (SSSR count). The first-order valence-electron chi connectivity index (χ1n) is 6.54. The van der Waals surface area contributed by atoms with Gasteiger partial charge in [0.05, 0.1) is 0 Å². The summed E-state index contributed by atoms with van der Waals surface area (Å²) < 4.78 is 13.5. The highest BCUT2D eigenvalue weighted by atomic mass is 19.1. The van der Waals surface area contributed by atoms with Crippen LogP contribution in [0.1, 0.15) is 37.7 Å². The van der Waals surface area contributed by atoms with Gasteiger partial charge in [0.25, 0.3) is 0 Å². The molecule has 18 heavy (non-hydrogen) atoms. The van der Waals surface area contributed by atoms with Crippen LogP contribution in [-0.4, -0.2) is 23.2 Å². The van der Waals surface area contributed by atoms with Crippen LogP contribution in [0, 0.1) is 5.82 Å². The summed E-state index contributed by atoms with van der Waals surface area (Å²) in [6.45, 7) is 0.628. The lowest BCUT2D eigenvalue weighted by molar-refractivity contribution is 0.372. The smallest absolute Gasteiger partial charge is 0.423 e. The fourth-order valence-corrected chi connectivity index (χ4v) is 2.46. The van der Waals surface area contributed by atoms with Gasteiger partial charge < -0.3 is 15.4 Å². The van der Waals surface area contributed by atoms with E-state index in [4.69, 9.17) is 10.0 Å². The number of benzene rings is 1. The first-order chi connectivity index (χ1) is 8.66. The average molecular weight is 251 g/mol. The second kappa shape index (κ2) is 6.32. The van der Waals surface area contributed by atoms with Gasteiger partial charge in [-0.05, 0) is 24.5 Å². The van der Waals surface area contributed by atoms with E-state index in [0.29, 0.717) is 12.6 Å². The van der Waals surface area contributed by atoms with E-state index in [1.54, 1.807) is 6.07 Å². The Morgan fingerprint density at radius 1 is 1.22 bits per heavy atom. The third-order valence-corrected chi connectivity index (χ3v) is 3.54. The second-order valence-electron chi connectivity index (χ2n) is 4.95. The SMILES string of the molecule is OB(O)c1ccc(CNC2CCCCC2)cc1F. The zero-order valence-corrected chi connectivity index (χ0v) is 10.4. The zero-order valence-electron chi connectivity index (χ0n) is 10.4. The molecule has 3 nitrogen and oxygen atoms in total. The molecule has 1 aliphatic rings. The van der Waals surface area contributed by atoms with Crippen molar-refractivity contribution in [2.75, 3.05) is 0 Å². The summed E-state index contributed by atoms with van der Waals surface area (Å²) in [5.41, 5.74) is 0.763. The molecular weight excluding hydrogens is 232 g/mol.